The van der Waals surface area contributed by atoms with Crippen LogP contribution in [0, 0.1) is 17.8 Å². The summed E-state index contributed by atoms with van der Waals surface area (Å²) in [6.07, 6.45) is 46.8. The molecule has 3 N–H and O–H groups in total. The van der Waals surface area contributed by atoms with E-state index in [1.807, 2.05) is 0 Å². The number of hydrogen-bond acceptors (Lipinski definition) is 15. The third kappa shape index (κ3) is 64.1. The highest BCUT2D eigenvalue weighted by atomic mass is 31.2. The van der Waals surface area contributed by atoms with Crippen molar-refractivity contribution in [1.82, 2.24) is 0 Å². The Bertz CT molecular complexity index is 1840. The van der Waals surface area contributed by atoms with Crippen LogP contribution >= 0.6 is 15.6 Å². The van der Waals surface area contributed by atoms with Crippen LogP contribution in [0.3, 0.4) is 0 Å². The molecule has 89 heavy (non-hydrogen) atoms. The van der Waals surface area contributed by atoms with Crippen LogP contribution in [-0.4, -0.2) is 96.7 Å². The molecule has 19 heteroatoms. The van der Waals surface area contributed by atoms with Gasteiger partial charge in [0, 0.05) is 25.7 Å². The van der Waals surface area contributed by atoms with E-state index in [1.54, 1.807) is 0 Å². The van der Waals surface area contributed by atoms with Gasteiger partial charge in [-0.2, -0.15) is 0 Å². The molecule has 0 aliphatic carbocycles. The van der Waals surface area contributed by atoms with E-state index in [4.69, 9.17) is 37.0 Å². The molecule has 0 aliphatic rings. The summed E-state index contributed by atoms with van der Waals surface area (Å²) in [7, 11) is -9.91. The minimum Gasteiger partial charge on any atom is -0.462 e. The number of allylic oxidation sites excluding steroid dienone is 4. The Kier molecular flexibility index (Phi) is 58.8. The summed E-state index contributed by atoms with van der Waals surface area (Å²) in [4.78, 5) is 72.5. The number of ether oxygens (including phenoxy) is 4. The Morgan fingerprint density at radius 2 is 0.607 bits per heavy atom. The van der Waals surface area contributed by atoms with Crippen molar-refractivity contribution in [3.63, 3.8) is 0 Å². The van der Waals surface area contributed by atoms with Gasteiger partial charge in [-0.05, 0) is 69.1 Å². The van der Waals surface area contributed by atoms with E-state index in [1.165, 1.54) is 116 Å². The minimum atomic E-state index is -4.96. The highest BCUT2D eigenvalue weighted by Gasteiger charge is 2.30. The highest BCUT2D eigenvalue weighted by molar-refractivity contribution is 7.47. The molecule has 0 aromatic rings. The molecule has 0 radical (unpaired) electrons. The van der Waals surface area contributed by atoms with E-state index in [0.29, 0.717) is 31.6 Å². The first kappa shape index (κ1) is 86.5. The lowest BCUT2D eigenvalue weighted by atomic mass is 10.0. The lowest BCUT2D eigenvalue weighted by Crippen LogP contribution is -2.30. The zero-order chi connectivity index (χ0) is 65.9. The van der Waals surface area contributed by atoms with Crippen molar-refractivity contribution in [2.24, 2.45) is 17.8 Å². The fraction of sp³-hybridized carbons (Fsp3) is 0.886. The summed E-state index contributed by atoms with van der Waals surface area (Å²) >= 11 is 0. The van der Waals surface area contributed by atoms with E-state index in [-0.39, 0.29) is 25.7 Å². The Morgan fingerprint density at radius 1 is 0.348 bits per heavy atom. The maximum atomic E-state index is 13.0. The third-order valence-corrected chi connectivity index (χ3v) is 17.4. The van der Waals surface area contributed by atoms with Crippen LogP contribution in [-0.2, 0) is 65.4 Å². The lowest BCUT2D eigenvalue weighted by molar-refractivity contribution is -0.161. The number of hydrogen-bond donors (Lipinski definition) is 3. The van der Waals surface area contributed by atoms with Gasteiger partial charge >= 0.3 is 39.5 Å². The van der Waals surface area contributed by atoms with Gasteiger partial charge in [-0.1, -0.05) is 272 Å². The zero-order valence-corrected chi connectivity index (χ0v) is 59.2. The molecule has 0 aliphatic heterocycles. The molecule has 0 aromatic heterocycles. The van der Waals surface area contributed by atoms with Gasteiger partial charge in [-0.3, -0.25) is 37.3 Å². The maximum Gasteiger partial charge on any atom is 0.472 e. The quantitative estimate of drug-likeness (QED) is 0.0169. The van der Waals surface area contributed by atoms with Gasteiger partial charge in [0.05, 0.1) is 26.4 Å². The van der Waals surface area contributed by atoms with Gasteiger partial charge in [0.15, 0.2) is 12.2 Å². The zero-order valence-electron chi connectivity index (χ0n) is 57.4. The Hall–Kier alpha value is -2.46. The van der Waals surface area contributed by atoms with Crippen molar-refractivity contribution in [3.8, 4) is 0 Å². The Morgan fingerprint density at radius 3 is 0.910 bits per heavy atom. The summed E-state index contributed by atoms with van der Waals surface area (Å²) in [5.41, 5.74) is 0. The molecule has 0 heterocycles. The van der Waals surface area contributed by atoms with Crippen LogP contribution in [0.5, 0.6) is 0 Å². The van der Waals surface area contributed by atoms with Crippen molar-refractivity contribution >= 4 is 39.5 Å². The molecule has 0 rings (SSSR count). The van der Waals surface area contributed by atoms with Gasteiger partial charge in [-0.25, -0.2) is 9.13 Å². The standard InChI is InChI=1S/C70H132O17P2/c1-8-9-10-11-12-13-14-15-16-17-18-24-30-39-46-53-69(74)86-65(57-80-67(72)51-44-37-29-26-21-23-28-35-42-49-62(4)5)59-84-88(76,77)82-55-64(71)56-83-89(78,79)85-60-66(58-81-68(73)52-45-38-33-32-36-43-50-63(6)7)87-70(75)54-47-40-31-25-20-19-22-27-34-41-48-61(2)3/h13-16,61-66,71H,8-12,17-60H2,1-7H3,(H,76,77)(H,78,79)/b14-13-,16-15-/t64-,65-,66-/m1/s1. The van der Waals surface area contributed by atoms with Gasteiger partial charge in [-0.15, -0.1) is 0 Å². The maximum absolute atomic E-state index is 13.0. The molecule has 5 atom stereocenters. The number of phosphoric ester groups is 2. The average Bonchev–Trinajstić information content (AvgIpc) is 3.55. The second-order valence-corrected chi connectivity index (χ2v) is 28.9. The van der Waals surface area contributed by atoms with Gasteiger partial charge in [0.1, 0.15) is 19.3 Å². The van der Waals surface area contributed by atoms with Crippen molar-refractivity contribution in [2.45, 2.75) is 343 Å². The summed E-state index contributed by atoms with van der Waals surface area (Å²) in [5.74, 6) is 0.00952. The van der Waals surface area contributed by atoms with E-state index in [9.17, 15) is 43.2 Å². The van der Waals surface area contributed by atoms with Crippen LogP contribution in [0.1, 0.15) is 325 Å². The van der Waals surface area contributed by atoms with E-state index in [0.717, 1.165) is 121 Å². The molecule has 0 spiro atoms. The smallest absolute Gasteiger partial charge is 0.462 e. The van der Waals surface area contributed by atoms with E-state index >= 15 is 0 Å². The summed E-state index contributed by atoms with van der Waals surface area (Å²) in [5, 5.41) is 10.6. The number of rotatable bonds is 66. The number of carbonyl (C=O) groups excluding carboxylic acids is 4. The van der Waals surface area contributed by atoms with E-state index < -0.39 is 97.5 Å². The second-order valence-electron chi connectivity index (χ2n) is 26.0. The van der Waals surface area contributed by atoms with Crippen LogP contribution in [0.25, 0.3) is 0 Å². The summed E-state index contributed by atoms with van der Waals surface area (Å²) < 4.78 is 68.2. The summed E-state index contributed by atoms with van der Waals surface area (Å²) in [6.45, 7) is 11.7. The largest absolute Gasteiger partial charge is 0.472 e. The summed E-state index contributed by atoms with van der Waals surface area (Å²) in [6, 6.07) is 0. The van der Waals surface area contributed by atoms with Crippen molar-refractivity contribution in [3.05, 3.63) is 24.3 Å². The first-order valence-electron chi connectivity index (χ1n) is 35.7. The van der Waals surface area contributed by atoms with Crippen molar-refractivity contribution in [1.29, 1.82) is 0 Å². The molecule has 2 unspecified atom stereocenters. The normalized spacial score (nSPS) is 14.4. The van der Waals surface area contributed by atoms with Crippen LogP contribution < -0.4 is 0 Å². The minimum absolute atomic E-state index is 0.0840. The first-order chi connectivity index (χ1) is 42.7. The lowest BCUT2D eigenvalue weighted by Gasteiger charge is -2.21. The van der Waals surface area contributed by atoms with Crippen molar-refractivity contribution < 1.29 is 80.2 Å². The number of carbonyl (C=O) groups is 4. The molecule has 17 nitrogen and oxygen atoms in total. The molecular formula is C70H132O17P2. The molecule has 0 bridgehead atoms. The predicted octanol–water partition coefficient (Wildman–Crippen LogP) is 19.4. The van der Waals surface area contributed by atoms with E-state index in [2.05, 4.69) is 72.8 Å². The molecule has 524 valence electrons. The number of esters is 4. The molecule has 0 aromatic carbocycles. The van der Waals surface area contributed by atoms with Crippen molar-refractivity contribution in [2.75, 3.05) is 39.6 Å². The number of unbranched alkanes of at least 4 members (excludes halogenated alkanes) is 31. The van der Waals surface area contributed by atoms with Crippen LogP contribution in [0.4, 0.5) is 0 Å². The van der Waals surface area contributed by atoms with Gasteiger partial charge in [0.2, 0.25) is 0 Å². The highest BCUT2D eigenvalue weighted by Crippen LogP contribution is 2.45. The average molecular weight is 1310 g/mol. The fourth-order valence-electron chi connectivity index (χ4n) is 10.0. The topological polar surface area (TPSA) is 237 Å². The molecule has 0 saturated carbocycles. The third-order valence-electron chi connectivity index (χ3n) is 15.5. The van der Waals surface area contributed by atoms with Crippen LogP contribution in [0.15, 0.2) is 24.3 Å². The second kappa shape index (κ2) is 60.5. The monoisotopic (exact) mass is 1310 g/mol. The Labute approximate surface area is 542 Å². The van der Waals surface area contributed by atoms with Crippen LogP contribution in [0.2, 0.25) is 0 Å². The Balaban J connectivity index is 5.29. The van der Waals surface area contributed by atoms with Gasteiger partial charge < -0.3 is 33.8 Å². The number of aliphatic hydroxyl groups is 1. The predicted molar refractivity (Wildman–Crippen MR) is 358 cm³/mol. The fourth-order valence-corrected chi connectivity index (χ4v) is 11.6. The van der Waals surface area contributed by atoms with Gasteiger partial charge in [0.25, 0.3) is 0 Å². The molecule has 0 fully saturated rings. The molecule has 0 amide bonds. The first-order valence-corrected chi connectivity index (χ1v) is 38.7. The number of aliphatic hydroxyl groups excluding tert-OH is 1. The molecule has 0 saturated heterocycles. The number of phosphoric acid groups is 2. The SMILES string of the molecule is CCCCCC/C=C\C=C/CCCCCCCC(=O)O[C@H](COC(=O)CCCCCCCCCCCC(C)C)COP(=O)(O)OC[C@@H](O)COP(=O)(O)OC[C@@H](COC(=O)CCCCCCCCC(C)C)OC(=O)CCCCCCCCCCCCC(C)C. The molecular weight excluding hydrogens is 1170 g/mol.